The Balaban J connectivity index is 1.99. The highest BCUT2D eigenvalue weighted by atomic mass is 15.2. The molecule has 1 aliphatic carbocycles. The number of hydrogen-bond donors (Lipinski definition) is 1. The van der Waals surface area contributed by atoms with Crippen molar-refractivity contribution in [2.24, 2.45) is 17.6 Å². The molecule has 100 valence electrons. The van der Waals surface area contributed by atoms with Gasteiger partial charge in [-0.25, -0.2) is 0 Å². The molecule has 1 heterocycles. The molecule has 0 radical (unpaired) electrons. The van der Waals surface area contributed by atoms with Crippen molar-refractivity contribution < 1.29 is 0 Å². The lowest BCUT2D eigenvalue weighted by Crippen LogP contribution is -2.56. The summed E-state index contributed by atoms with van der Waals surface area (Å²) in [4.78, 5) is 2.73. The van der Waals surface area contributed by atoms with Gasteiger partial charge in [0.15, 0.2) is 0 Å². The fourth-order valence-electron chi connectivity index (χ4n) is 3.92. The SMILES string of the molecule is CCC1CCC(N)C(N2CCC(C)CC2C)C1. The monoisotopic (exact) mass is 238 g/mol. The van der Waals surface area contributed by atoms with Crippen LogP contribution in [0, 0.1) is 11.8 Å². The van der Waals surface area contributed by atoms with Crippen LogP contribution in [-0.4, -0.2) is 29.6 Å². The molecule has 1 saturated heterocycles. The first-order valence-electron chi connectivity index (χ1n) is 7.63. The van der Waals surface area contributed by atoms with E-state index in [1.807, 2.05) is 0 Å². The fourth-order valence-corrected chi connectivity index (χ4v) is 3.92. The number of nitrogens with zero attached hydrogens (tertiary/aromatic N) is 1. The average molecular weight is 238 g/mol. The topological polar surface area (TPSA) is 29.3 Å². The van der Waals surface area contributed by atoms with Crippen molar-refractivity contribution in [1.29, 1.82) is 0 Å². The first kappa shape index (κ1) is 13.4. The highest BCUT2D eigenvalue weighted by molar-refractivity contribution is 4.92. The van der Waals surface area contributed by atoms with E-state index in [2.05, 4.69) is 25.7 Å². The lowest BCUT2D eigenvalue weighted by atomic mass is 9.79. The largest absolute Gasteiger partial charge is 0.326 e. The van der Waals surface area contributed by atoms with Crippen LogP contribution in [0.5, 0.6) is 0 Å². The van der Waals surface area contributed by atoms with Gasteiger partial charge in [-0.15, -0.1) is 0 Å². The van der Waals surface area contributed by atoms with Gasteiger partial charge in [0.05, 0.1) is 0 Å². The Morgan fingerprint density at radius 2 is 1.88 bits per heavy atom. The molecule has 1 aliphatic heterocycles. The lowest BCUT2D eigenvalue weighted by molar-refractivity contribution is 0.0383. The molecule has 2 heteroatoms. The van der Waals surface area contributed by atoms with E-state index >= 15 is 0 Å². The summed E-state index contributed by atoms with van der Waals surface area (Å²) in [6.45, 7) is 8.40. The zero-order chi connectivity index (χ0) is 12.4. The van der Waals surface area contributed by atoms with Crippen molar-refractivity contribution in [3.63, 3.8) is 0 Å². The van der Waals surface area contributed by atoms with Gasteiger partial charge in [0, 0.05) is 18.1 Å². The molecule has 2 fully saturated rings. The van der Waals surface area contributed by atoms with Crippen LogP contribution in [0.3, 0.4) is 0 Å². The average Bonchev–Trinajstić information content (AvgIpc) is 2.30. The second-order valence-corrected chi connectivity index (χ2v) is 6.53. The van der Waals surface area contributed by atoms with E-state index in [-0.39, 0.29) is 0 Å². The minimum Gasteiger partial charge on any atom is -0.326 e. The predicted molar refractivity (Wildman–Crippen MR) is 74.0 cm³/mol. The Morgan fingerprint density at radius 3 is 2.53 bits per heavy atom. The summed E-state index contributed by atoms with van der Waals surface area (Å²) in [5.41, 5.74) is 6.38. The molecule has 0 aromatic heterocycles. The van der Waals surface area contributed by atoms with Crippen LogP contribution < -0.4 is 5.73 Å². The lowest BCUT2D eigenvalue weighted by Gasteiger charge is -2.47. The summed E-state index contributed by atoms with van der Waals surface area (Å²) < 4.78 is 0. The molecule has 0 amide bonds. The summed E-state index contributed by atoms with van der Waals surface area (Å²) in [7, 11) is 0. The zero-order valence-corrected chi connectivity index (χ0v) is 11.9. The Morgan fingerprint density at radius 1 is 1.12 bits per heavy atom. The van der Waals surface area contributed by atoms with Crippen LogP contribution in [0.1, 0.15) is 59.3 Å². The van der Waals surface area contributed by atoms with Crippen molar-refractivity contribution >= 4 is 0 Å². The van der Waals surface area contributed by atoms with E-state index in [9.17, 15) is 0 Å². The molecule has 17 heavy (non-hydrogen) atoms. The third-order valence-electron chi connectivity index (χ3n) is 5.17. The normalized spacial score (nSPS) is 44.8. The molecule has 5 atom stereocenters. The first-order valence-corrected chi connectivity index (χ1v) is 7.63. The number of rotatable bonds is 2. The Hall–Kier alpha value is -0.0800. The van der Waals surface area contributed by atoms with Crippen molar-refractivity contribution in [2.75, 3.05) is 6.54 Å². The second-order valence-electron chi connectivity index (χ2n) is 6.53. The molecule has 2 rings (SSSR count). The van der Waals surface area contributed by atoms with Crippen LogP contribution in [-0.2, 0) is 0 Å². The molecule has 2 N–H and O–H groups in total. The van der Waals surface area contributed by atoms with Crippen LogP contribution in [0.25, 0.3) is 0 Å². The van der Waals surface area contributed by atoms with Crippen molar-refractivity contribution in [2.45, 2.75) is 77.4 Å². The number of hydrogen-bond acceptors (Lipinski definition) is 2. The highest BCUT2D eigenvalue weighted by Crippen LogP contribution is 2.33. The highest BCUT2D eigenvalue weighted by Gasteiger charge is 2.35. The van der Waals surface area contributed by atoms with Crippen LogP contribution in [0.2, 0.25) is 0 Å². The van der Waals surface area contributed by atoms with E-state index in [4.69, 9.17) is 5.73 Å². The van der Waals surface area contributed by atoms with Gasteiger partial charge in [-0.2, -0.15) is 0 Å². The van der Waals surface area contributed by atoms with Crippen molar-refractivity contribution in [3.05, 3.63) is 0 Å². The predicted octanol–water partition coefficient (Wildman–Crippen LogP) is 3.01. The smallest absolute Gasteiger partial charge is 0.0252 e. The third kappa shape index (κ3) is 3.03. The number of piperidine rings is 1. The number of likely N-dealkylation sites (tertiary alicyclic amines) is 1. The zero-order valence-electron chi connectivity index (χ0n) is 11.9. The van der Waals surface area contributed by atoms with Crippen LogP contribution in [0.15, 0.2) is 0 Å². The molecule has 5 unspecified atom stereocenters. The van der Waals surface area contributed by atoms with Crippen LogP contribution >= 0.6 is 0 Å². The standard InChI is InChI=1S/C15H30N2/c1-4-13-5-6-14(16)15(10-13)17-8-7-11(2)9-12(17)3/h11-15H,4-10,16H2,1-3H3. The molecule has 0 bridgehead atoms. The van der Waals surface area contributed by atoms with Gasteiger partial charge in [0.2, 0.25) is 0 Å². The van der Waals surface area contributed by atoms with Crippen molar-refractivity contribution in [3.8, 4) is 0 Å². The molecule has 2 aliphatic rings. The third-order valence-corrected chi connectivity index (χ3v) is 5.17. The Kier molecular flexibility index (Phi) is 4.48. The van der Waals surface area contributed by atoms with Gasteiger partial charge in [0.1, 0.15) is 0 Å². The van der Waals surface area contributed by atoms with Crippen LogP contribution in [0.4, 0.5) is 0 Å². The second kappa shape index (κ2) is 5.71. The van der Waals surface area contributed by atoms with Gasteiger partial charge in [-0.1, -0.05) is 20.3 Å². The molecule has 0 aromatic rings. The Bertz CT molecular complexity index is 241. The number of nitrogens with two attached hydrogens (primary N) is 1. The summed E-state index contributed by atoms with van der Waals surface area (Å²) in [5.74, 6) is 1.83. The van der Waals surface area contributed by atoms with Gasteiger partial charge >= 0.3 is 0 Å². The van der Waals surface area contributed by atoms with Gasteiger partial charge in [0.25, 0.3) is 0 Å². The molecular formula is C15H30N2. The fraction of sp³-hybridized carbons (Fsp3) is 1.00. The molecule has 0 spiro atoms. The summed E-state index contributed by atoms with van der Waals surface area (Å²) >= 11 is 0. The summed E-state index contributed by atoms with van der Waals surface area (Å²) in [6, 6.07) is 1.83. The van der Waals surface area contributed by atoms with E-state index in [1.165, 1.54) is 45.1 Å². The molecular weight excluding hydrogens is 208 g/mol. The molecule has 1 saturated carbocycles. The Labute approximate surface area is 107 Å². The van der Waals surface area contributed by atoms with E-state index in [0.29, 0.717) is 12.1 Å². The first-order chi connectivity index (χ1) is 8.11. The summed E-state index contributed by atoms with van der Waals surface area (Å²) in [5, 5.41) is 0. The maximum atomic E-state index is 6.38. The maximum Gasteiger partial charge on any atom is 0.0252 e. The minimum atomic E-state index is 0.425. The maximum absolute atomic E-state index is 6.38. The van der Waals surface area contributed by atoms with E-state index in [0.717, 1.165) is 17.9 Å². The van der Waals surface area contributed by atoms with Gasteiger partial charge < -0.3 is 5.73 Å². The van der Waals surface area contributed by atoms with E-state index in [1.54, 1.807) is 0 Å². The quantitative estimate of drug-likeness (QED) is 0.801. The van der Waals surface area contributed by atoms with Crippen molar-refractivity contribution in [1.82, 2.24) is 4.90 Å². The van der Waals surface area contributed by atoms with E-state index < -0.39 is 0 Å². The molecule has 0 aromatic carbocycles. The minimum absolute atomic E-state index is 0.425. The van der Waals surface area contributed by atoms with Gasteiger partial charge in [-0.05, 0) is 57.4 Å². The summed E-state index contributed by atoms with van der Waals surface area (Å²) in [6.07, 6.45) is 8.00. The molecule has 2 nitrogen and oxygen atoms in total. The van der Waals surface area contributed by atoms with Gasteiger partial charge in [-0.3, -0.25) is 4.90 Å².